The molecule has 0 aliphatic heterocycles. The van der Waals surface area contributed by atoms with Crippen molar-refractivity contribution in [2.75, 3.05) is 0 Å². The minimum absolute atomic E-state index is 0.633. The second kappa shape index (κ2) is 7.15. The summed E-state index contributed by atoms with van der Waals surface area (Å²) in [4.78, 5) is 9.78. The highest BCUT2D eigenvalue weighted by Gasteiger charge is 1.74. The summed E-state index contributed by atoms with van der Waals surface area (Å²) in [6.07, 6.45) is 9.16. The van der Waals surface area contributed by atoms with Crippen molar-refractivity contribution in [2.45, 2.75) is 19.3 Å². The average Bonchev–Trinajstić information content (AvgIpc) is 1.89. The second-order valence-electron chi connectivity index (χ2n) is 1.74. The van der Waals surface area contributed by atoms with Gasteiger partial charge < -0.3 is 4.79 Å². The Labute approximate surface area is 56.1 Å². The fourth-order valence-electron chi connectivity index (χ4n) is 0.475. The first-order valence-corrected chi connectivity index (χ1v) is 3.11. The van der Waals surface area contributed by atoms with E-state index in [2.05, 4.69) is 6.58 Å². The Balaban J connectivity index is 3.03. The minimum atomic E-state index is 0.633. The maximum Gasteiger partial charge on any atom is 0.120 e. The lowest BCUT2D eigenvalue weighted by molar-refractivity contribution is -0.107. The maximum atomic E-state index is 9.78. The molecule has 0 aliphatic rings. The van der Waals surface area contributed by atoms with Gasteiger partial charge in [-0.15, -0.1) is 6.58 Å². The molecule has 0 saturated carbocycles. The molecule has 0 radical (unpaired) electrons. The maximum absolute atomic E-state index is 9.78. The Bertz CT molecular complexity index is 103. The average molecular weight is 124 g/mol. The fraction of sp³-hybridized carbons (Fsp3) is 0.375. The lowest BCUT2D eigenvalue weighted by Gasteiger charge is -1.80. The van der Waals surface area contributed by atoms with Crippen LogP contribution in [0.5, 0.6) is 0 Å². The van der Waals surface area contributed by atoms with Crippen LogP contribution in [0.2, 0.25) is 0 Å². The van der Waals surface area contributed by atoms with Crippen LogP contribution in [0, 0.1) is 0 Å². The molecule has 0 bridgehead atoms. The van der Waals surface area contributed by atoms with Gasteiger partial charge in [-0.1, -0.05) is 18.2 Å². The first kappa shape index (κ1) is 8.15. The highest BCUT2D eigenvalue weighted by Crippen LogP contribution is 1.89. The van der Waals surface area contributed by atoms with E-state index in [0.717, 1.165) is 19.1 Å². The zero-order chi connectivity index (χ0) is 6.95. The fourth-order valence-corrected chi connectivity index (χ4v) is 0.475. The quantitative estimate of drug-likeness (QED) is 0.311. The zero-order valence-electron chi connectivity index (χ0n) is 5.55. The summed E-state index contributed by atoms with van der Waals surface area (Å²) in [6.45, 7) is 3.56. The summed E-state index contributed by atoms with van der Waals surface area (Å²) in [6, 6.07) is 0. The molecular weight excluding hydrogens is 112 g/mol. The van der Waals surface area contributed by atoms with Crippen LogP contribution in [0.3, 0.4) is 0 Å². The number of allylic oxidation sites excluding steroid dienone is 3. The van der Waals surface area contributed by atoms with E-state index < -0.39 is 0 Å². The van der Waals surface area contributed by atoms with Crippen molar-refractivity contribution in [3.05, 3.63) is 24.8 Å². The zero-order valence-corrected chi connectivity index (χ0v) is 5.55. The Hall–Kier alpha value is -0.850. The highest BCUT2D eigenvalue weighted by molar-refractivity contribution is 5.49. The van der Waals surface area contributed by atoms with Crippen molar-refractivity contribution in [1.29, 1.82) is 0 Å². The van der Waals surface area contributed by atoms with Crippen molar-refractivity contribution in [2.24, 2.45) is 0 Å². The first-order chi connectivity index (χ1) is 4.41. The van der Waals surface area contributed by atoms with Crippen LogP contribution in [-0.2, 0) is 4.79 Å². The van der Waals surface area contributed by atoms with Crippen molar-refractivity contribution in [3.8, 4) is 0 Å². The topological polar surface area (TPSA) is 17.1 Å². The van der Waals surface area contributed by atoms with Crippen LogP contribution < -0.4 is 0 Å². The van der Waals surface area contributed by atoms with Gasteiger partial charge in [-0.05, 0) is 12.8 Å². The summed E-state index contributed by atoms with van der Waals surface area (Å²) in [5.74, 6) is 0. The second-order valence-corrected chi connectivity index (χ2v) is 1.74. The largest absolute Gasteiger partial charge is 0.303 e. The molecular formula is C8H12O. The molecule has 0 aromatic carbocycles. The molecule has 0 aliphatic carbocycles. The molecule has 0 spiro atoms. The molecule has 0 N–H and O–H groups in total. The van der Waals surface area contributed by atoms with Crippen molar-refractivity contribution < 1.29 is 4.79 Å². The van der Waals surface area contributed by atoms with E-state index in [-0.39, 0.29) is 0 Å². The van der Waals surface area contributed by atoms with Crippen LogP contribution in [0.4, 0.5) is 0 Å². The molecule has 0 rings (SSSR count). The summed E-state index contributed by atoms with van der Waals surface area (Å²) in [5, 5.41) is 0. The first-order valence-electron chi connectivity index (χ1n) is 3.11. The third-order valence-electron chi connectivity index (χ3n) is 0.921. The molecule has 0 unspecified atom stereocenters. The number of carbonyl (C=O) groups excluding carboxylic acids is 1. The summed E-state index contributed by atoms with van der Waals surface area (Å²) < 4.78 is 0. The molecule has 0 saturated heterocycles. The third kappa shape index (κ3) is 7.15. The summed E-state index contributed by atoms with van der Waals surface area (Å²) in [7, 11) is 0. The van der Waals surface area contributed by atoms with Gasteiger partial charge in [-0.2, -0.15) is 0 Å². The van der Waals surface area contributed by atoms with Crippen LogP contribution in [0.25, 0.3) is 0 Å². The normalized spacial score (nSPS) is 9.78. The molecule has 1 nitrogen and oxygen atoms in total. The summed E-state index contributed by atoms with van der Waals surface area (Å²) in [5.41, 5.74) is 0. The van der Waals surface area contributed by atoms with E-state index in [9.17, 15) is 4.79 Å². The van der Waals surface area contributed by atoms with Gasteiger partial charge in [0.25, 0.3) is 0 Å². The molecule has 0 fully saturated rings. The molecule has 0 aromatic heterocycles. The predicted molar refractivity (Wildman–Crippen MR) is 39.3 cm³/mol. The van der Waals surface area contributed by atoms with Gasteiger partial charge >= 0.3 is 0 Å². The van der Waals surface area contributed by atoms with Crippen LogP contribution in [0.1, 0.15) is 19.3 Å². The minimum Gasteiger partial charge on any atom is -0.303 e. The molecule has 1 heteroatoms. The van der Waals surface area contributed by atoms with Gasteiger partial charge in [-0.25, -0.2) is 0 Å². The molecule has 0 aromatic rings. The van der Waals surface area contributed by atoms with E-state index in [0.29, 0.717) is 6.42 Å². The Morgan fingerprint density at radius 1 is 1.22 bits per heavy atom. The number of unbranched alkanes of at least 4 members (excludes halogenated alkanes) is 1. The van der Waals surface area contributed by atoms with E-state index in [1.807, 2.05) is 18.2 Å². The number of aldehydes is 1. The number of hydrogen-bond acceptors (Lipinski definition) is 1. The van der Waals surface area contributed by atoms with Crippen LogP contribution in [0.15, 0.2) is 24.8 Å². The van der Waals surface area contributed by atoms with Crippen LogP contribution in [-0.4, -0.2) is 6.29 Å². The molecule has 0 heterocycles. The number of rotatable bonds is 5. The number of hydrogen-bond donors (Lipinski definition) is 0. The molecule has 9 heavy (non-hydrogen) atoms. The summed E-state index contributed by atoms with van der Waals surface area (Å²) >= 11 is 0. The van der Waals surface area contributed by atoms with E-state index in [1.165, 1.54) is 0 Å². The van der Waals surface area contributed by atoms with E-state index in [4.69, 9.17) is 0 Å². The molecule has 50 valence electrons. The van der Waals surface area contributed by atoms with Gasteiger partial charge in [0.2, 0.25) is 0 Å². The molecule has 0 atom stereocenters. The third-order valence-corrected chi connectivity index (χ3v) is 0.921. The van der Waals surface area contributed by atoms with Crippen molar-refractivity contribution >= 4 is 6.29 Å². The Kier molecular flexibility index (Phi) is 6.47. The smallest absolute Gasteiger partial charge is 0.120 e. The SMILES string of the molecule is C=CC/C=C/CCC=O. The van der Waals surface area contributed by atoms with Crippen LogP contribution >= 0.6 is 0 Å². The Morgan fingerprint density at radius 2 is 2.00 bits per heavy atom. The van der Waals surface area contributed by atoms with Gasteiger partial charge in [0, 0.05) is 6.42 Å². The molecule has 0 amide bonds. The highest BCUT2D eigenvalue weighted by atomic mass is 16.1. The van der Waals surface area contributed by atoms with E-state index in [1.54, 1.807) is 0 Å². The van der Waals surface area contributed by atoms with Gasteiger partial charge in [-0.3, -0.25) is 0 Å². The standard InChI is InChI=1S/C8H12O/c1-2-3-4-5-6-7-8-9/h2,4-5,8H,1,3,6-7H2/b5-4+. The lowest BCUT2D eigenvalue weighted by Crippen LogP contribution is -1.69. The van der Waals surface area contributed by atoms with Crippen molar-refractivity contribution in [3.63, 3.8) is 0 Å². The monoisotopic (exact) mass is 124 g/mol. The van der Waals surface area contributed by atoms with E-state index >= 15 is 0 Å². The van der Waals surface area contributed by atoms with Gasteiger partial charge in [0.05, 0.1) is 0 Å². The Morgan fingerprint density at radius 3 is 2.56 bits per heavy atom. The van der Waals surface area contributed by atoms with Crippen molar-refractivity contribution in [1.82, 2.24) is 0 Å². The van der Waals surface area contributed by atoms with Gasteiger partial charge in [0.1, 0.15) is 6.29 Å². The number of carbonyl (C=O) groups is 1. The van der Waals surface area contributed by atoms with Gasteiger partial charge in [0.15, 0.2) is 0 Å². The lowest BCUT2D eigenvalue weighted by atomic mass is 10.3. The predicted octanol–water partition coefficient (Wildman–Crippen LogP) is 2.10.